The number of benzene rings is 2. The van der Waals surface area contributed by atoms with E-state index in [0.717, 1.165) is 6.42 Å². The van der Waals surface area contributed by atoms with Crippen LogP contribution in [0.25, 0.3) is 0 Å². The van der Waals surface area contributed by atoms with Gasteiger partial charge in [-0.1, -0.05) is 53.4 Å². The van der Waals surface area contributed by atoms with Gasteiger partial charge in [0.2, 0.25) is 0 Å². The third kappa shape index (κ3) is 3.27. The fraction of sp³-hybridized carbons (Fsp3) is 0.167. The Hall–Kier alpha value is -1.95. The Bertz CT molecular complexity index is 789. The summed E-state index contributed by atoms with van der Waals surface area (Å²) in [5.41, 5.74) is 3.10. The first kappa shape index (κ1) is 15.0. The molecule has 1 aliphatic rings. The number of carbonyl (C=O) groups is 1. The molecule has 0 bridgehead atoms. The van der Waals surface area contributed by atoms with Crippen molar-refractivity contribution in [3.8, 4) is 11.8 Å². The van der Waals surface area contributed by atoms with Crippen molar-refractivity contribution in [3.63, 3.8) is 0 Å². The summed E-state index contributed by atoms with van der Waals surface area (Å²) >= 11 is 11.9. The zero-order valence-corrected chi connectivity index (χ0v) is 13.3. The summed E-state index contributed by atoms with van der Waals surface area (Å²) in [6, 6.07) is 13.2. The first-order chi connectivity index (χ1) is 10.6. The van der Waals surface area contributed by atoms with Gasteiger partial charge in [0.1, 0.15) is 0 Å². The van der Waals surface area contributed by atoms with E-state index in [4.69, 9.17) is 23.2 Å². The predicted molar refractivity (Wildman–Crippen MR) is 88.9 cm³/mol. The van der Waals surface area contributed by atoms with Gasteiger partial charge in [0.05, 0.1) is 5.02 Å². The third-order valence-corrected chi connectivity index (χ3v) is 4.20. The van der Waals surface area contributed by atoms with Crippen LogP contribution in [0, 0.1) is 11.8 Å². The van der Waals surface area contributed by atoms with E-state index in [1.165, 1.54) is 11.1 Å². The average Bonchev–Trinajstić information content (AvgIpc) is 2.53. The molecule has 0 saturated heterocycles. The molecule has 0 fully saturated rings. The van der Waals surface area contributed by atoms with Gasteiger partial charge >= 0.3 is 0 Å². The average molecular weight is 330 g/mol. The lowest BCUT2D eigenvalue weighted by Crippen LogP contribution is -2.35. The zero-order chi connectivity index (χ0) is 15.5. The molecule has 2 aromatic rings. The molecule has 0 unspecified atom stereocenters. The lowest BCUT2D eigenvalue weighted by molar-refractivity contribution is -0.125. The van der Waals surface area contributed by atoms with Crippen molar-refractivity contribution < 1.29 is 4.79 Å². The molecule has 1 amide bonds. The molecule has 2 nitrogen and oxygen atoms in total. The van der Waals surface area contributed by atoms with Crippen LogP contribution in [-0.4, -0.2) is 17.4 Å². The maximum atomic E-state index is 12.2. The van der Waals surface area contributed by atoms with Gasteiger partial charge in [-0.15, -0.1) is 0 Å². The van der Waals surface area contributed by atoms with Crippen LogP contribution in [-0.2, 0) is 17.8 Å². The first-order valence-corrected chi connectivity index (χ1v) is 7.72. The third-order valence-electron chi connectivity index (χ3n) is 3.65. The van der Waals surface area contributed by atoms with Crippen molar-refractivity contribution >= 4 is 29.1 Å². The maximum absolute atomic E-state index is 12.2. The molecule has 1 aliphatic heterocycles. The molecule has 0 radical (unpaired) electrons. The first-order valence-electron chi connectivity index (χ1n) is 6.96. The van der Waals surface area contributed by atoms with Crippen molar-refractivity contribution in [2.75, 3.05) is 6.54 Å². The van der Waals surface area contributed by atoms with Crippen LogP contribution in [0.1, 0.15) is 16.7 Å². The molecule has 2 aromatic carbocycles. The fourth-order valence-corrected chi connectivity index (χ4v) is 2.92. The highest BCUT2D eigenvalue weighted by Crippen LogP contribution is 2.20. The number of amides is 1. The van der Waals surface area contributed by atoms with E-state index >= 15 is 0 Å². The Labute approximate surface area is 139 Å². The van der Waals surface area contributed by atoms with Gasteiger partial charge in [0.25, 0.3) is 5.91 Å². The molecule has 0 atom stereocenters. The summed E-state index contributed by atoms with van der Waals surface area (Å²) in [5, 5.41) is 1.01. The van der Waals surface area contributed by atoms with Gasteiger partial charge < -0.3 is 4.90 Å². The van der Waals surface area contributed by atoms with Crippen LogP contribution in [0.2, 0.25) is 10.0 Å². The molecule has 0 N–H and O–H groups in total. The topological polar surface area (TPSA) is 20.3 Å². The van der Waals surface area contributed by atoms with Gasteiger partial charge in [-0.3, -0.25) is 4.79 Å². The van der Waals surface area contributed by atoms with Crippen LogP contribution < -0.4 is 0 Å². The number of halogens is 2. The number of carbonyl (C=O) groups excluding carboxylic acids is 1. The Balaban J connectivity index is 1.75. The summed E-state index contributed by atoms with van der Waals surface area (Å²) in [4.78, 5) is 14.0. The zero-order valence-electron chi connectivity index (χ0n) is 11.8. The maximum Gasteiger partial charge on any atom is 0.299 e. The number of hydrogen-bond acceptors (Lipinski definition) is 1. The van der Waals surface area contributed by atoms with Crippen molar-refractivity contribution in [2.24, 2.45) is 0 Å². The van der Waals surface area contributed by atoms with Crippen LogP contribution in [0.15, 0.2) is 42.5 Å². The standard InChI is InChI=1S/C18H13Cl2NO/c19-16-7-5-14(17(20)11-16)6-8-18(22)21-10-9-13-3-1-2-4-15(13)12-21/h1-5,7,11H,9-10,12H2. The minimum atomic E-state index is -0.180. The lowest BCUT2D eigenvalue weighted by Gasteiger charge is -2.27. The molecule has 110 valence electrons. The smallest absolute Gasteiger partial charge is 0.299 e. The molecule has 0 aliphatic carbocycles. The summed E-state index contributed by atoms with van der Waals surface area (Å²) in [7, 11) is 0. The van der Waals surface area contributed by atoms with E-state index in [1.807, 2.05) is 12.1 Å². The normalized spacial score (nSPS) is 13.1. The SMILES string of the molecule is O=C(C#Cc1ccc(Cl)cc1Cl)N1CCc2ccccc2C1. The molecule has 0 spiro atoms. The predicted octanol–water partition coefficient (Wildman–Crippen LogP) is 3.93. The highest BCUT2D eigenvalue weighted by molar-refractivity contribution is 6.35. The summed E-state index contributed by atoms with van der Waals surface area (Å²) in [6.45, 7) is 1.30. The molecular formula is C18H13Cl2NO. The molecular weight excluding hydrogens is 317 g/mol. The van der Waals surface area contributed by atoms with E-state index in [-0.39, 0.29) is 5.91 Å². The van der Waals surface area contributed by atoms with E-state index in [9.17, 15) is 4.79 Å². The molecule has 0 aromatic heterocycles. The summed E-state index contributed by atoms with van der Waals surface area (Å²) in [6.07, 6.45) is 0.866. The Morgan fingerprint density at radius 1 is 1.09 bits per heavy atom. The highest BCUT2D eigenvalue weighted by Gasteiger charge is 2.18. The number of nitrogens with zero attached hydrogens (tertiary/aromatic N) is 1. The van der Waals surface area contributed by atoms with Gasteiger partial charge in [0, 0.05) is 29.6 Å². The lowest BCUT2D eigenvalue weighted by atomic mass is 10.00. The largest absolute Gasteiger partial charge is 0.327 e. The highest BCUT2D eigenvalue weighted by atomic mass is 35.5. The summed E-state index contributed by atoms with van der Waals surface area (Å²) < 4.78 is 0. The van der Waals surface area contributed by atoms with E-state index < -0.39 is 0 Å². The molecule has 4 heteroatoms. The minimum Gasteiger partial charge on any atom is -0.327 e. The van der Waals surface area contributed by atoms with Gasteiger partial charge in [-0.25, -0.2) is 0 Å². The van der Waals surface area contributed by atoms with Gasteiger partial charge in [0.15, 0.2) is 0 Å². The monoisotopic (exact) mass is 329 g/mol. The Kier molecular flexibility index (Phi) is 4.38. The molecule has 1 heterocycles. The van der Waals surface area contributed by atoms with Gasteiger partial charge in [-0.05, 0) is 35.7 Å². The molecule has 0 saturated carbocycles. The Morgan fingerprint density at radius 3 is 2.64 bits per heavy atom. The van der Waals surface area contributed by atoms with Gasteiger partial charge in [-0.2, -0.15) is 0 Å². The van der Waals surface area contributed by atoms with Crippen LogP contribution in [0.3, 0.4) is 0 Å². The van der Waals surface area contributed by atoms with E-state index in [0.29, 0.717) is 28.7 Å². The number of hydrogen-bond donors (Lipinski definition) is 0. The molecule has 22 heavy (non-hydrogen) atoms. The second-order valence-corrected chi connectivity index (χ2v) is 5.96. The summed E-state index contributed by atoms with van der Waals surface area (Å²) in [5.74, 6) is 5.32. The number of rotatable bonds is 0. The Morgan fingerprint density at radius 2 is 1.86 bits per heavy atom. The van der Waals surface area contributed by atoms with Crippen molar-refractivity contribution in [3.05, 3.63) is 69.2 Å². The van der Waals surface area contributed by atoms with Crippen molar-refractivity contribution in [2.45, 2.75) is 13.0 Å². The second kappa shape index (κ2) is 6.44. The minimum absolute atomic E-state index is 0.180. The quantitative estimate of drug-likeness (QED) is 0.670. The number of fused-ring (bicyclic) bond motifs is 1. The van der Waals surface area contributed by atoms with Crippen LogP contribution >= 0.6 is 23.2 Å². The van der Waals surface area contributed by atoms with Crippen molar-refractivity contribution in [1.29, 1.82) is 0 Å². The fourth-order valence-electron chi connectivity index (χ4n) is 2.46. The molecule has 3 rings (SSSR count). The van der Waals surface area contributed by atoms with Crippen LogP contribution in [0.4, 0.5) is 0 Å². The van der Waals surface area contributed by atoms with Crippen LogP contribution in [0.5, 0.6) is 0 Å². The van der Waals surface area contributed by atoms with Crippen molar-refractivity contribution in [1.82, 2.24) is 4.90 Å². The van der Waals surface area contributed by atoms with E-state index in [1.54, 1.807) is 23.1 Å². The second-order valence-electron chi connectivity index (χ2n) is 5.12. The van der Waals surface area contributed by atoms with E-state index in [2.05, 4.69) is 24.0 Å².